The van der Waals surface area contributed by atoms with Gasteiger partial charge in [0.1, 0.15) is 0 Å². The van der Waals surface area contributed by atoms with Crippen LogP contribution in [0.1, 0.15) is 18.1 Å². The lowest BCUT2D eigenvalue weighted by atomic mass is 10.1. The molecule has 0 saturated carbocycles. The zero-order chi connectivity index (χ0) is 16.7. The molecular weight excluding hydrogens is 331 g/mol. The standard InChI is InChI=1S/C19H16Cl2O2/c1-2-23-19(22)16(12-14-6-4-3-5-7-14)9-8-15-10-11-17(20)13-18(15)21/h3-13H,2H2,1H3/b9-8+,16-12+. The molecule has 0 radical (unpaired) electrons. The quantitative estimate of drug-likeness (QED) is 0.397. The fourth-order valence-corrected chi connectivity index (χ4v) is 2.41. The SMILES string of the molecule is CCOC(=O)C(/C=C/c1ccc(Cl)cc1Cl)=C/c1ccccc1. The summed E-state index contributed by atoms with van der Waals surface area (Å²) in [5, 5.41) is 1.09. The zero-order valence-electron chi connectivity index (χ0n) is 12.6. The van der Waals surface area contributed by atoms with E-state index in [1.807, 2.05) is 30.3 Å². The van der Waals surface area contributed by atoms with Crippen molar-refractivity contribution in [2.24, 2.45) is 0 Å². The lowest BCUT2D eigenvalue weighted by Crippen LogP contribution is -2.05. The summed E-state index contributed by atoms with van der Waals surface area (Å²) >= 11 is 12.0. The lowest BCUT2D eigenvalue weighted by Gasteiger charge is -2.04. The second-order valence-electron chi connectivity index (χ2n) is 4.73. The van der Waals surface area contributed by atoms with E-state index in [-0.39, 0.29) is 5.97 Å². The number of esters is 1. The van der Waals surface area contributed by atoms with Crippen molar-refractivity contribution in [3.8, 4) is 0 Å². The summed E-state index contributed by atoms with van der Waals surface area (Å²) in [6.45, 7) is 2.10. The first-order valence-electron chi connectivity index (χ1n) is 7.17. The van der Waals surface area contributed by atoms with Crippen LogP contribution >= 0.6 is 23.2 Å². The first-order chi connectivity index (χ1) is 11.1. The first kappa shape index (κ1) is 17.3. The van der Waals surface area contributed by atoms with Crippen LogP contribution in [0.5, 0.6) is 0 Å². The number of rotatable bonds is 5. The first-order valence-corrected chi connectivity index (χ1v) is 7.92. The van der Waals surface area contributed by atoms with Gasteiger partial charge in [-0.15, -0.1) is 0 Å². The van der Waals surface area contributed by atoms with Crippen LogP contribution in [0.2, 0.25) is 10.0 Å². The van der Waals surface area contributed by atoms with Crippen molar-refractivity contribution in [2.45, 2.75) is 6.92 Å². The molecule has 0 atom stereocenters. The number of halogens is 2. The summed E-state index contributed by atoms with van der Waals surface area (Å²) in [4.78, 5) is 12.1. The van der Waals surface area contributed by atoms with E-state index in [9.17, 15) is 4.79 Å². The van der Waals surface area contributed by atoms with Crippen molar-refractivity contribution in [1.29, 1.82) is 0 Å². The maximum Gasteiger partial charge on any atom is 0.338 e. The molecule has 2 rings (SSSR count). The molecule has 0 aliphatic rings. The predicted molar refractivity (Wildman–Crippen MR) is 96.5 cm³/mol. The van der Waals surface area contributed by atoms with Gasteiger partial charge in [-0.2, -0.15) is 0 Å². The molecule has 0 aliphatic carbocycles. The highest BCUT2D eigenvalue weighted by Crippen LogP contribution is 2.23. The third-order valence-corrected chi connectivity index (χ3v) is 3.60. The molecule has 23 heavy (non-hydrogen) atoms. The topological polar surface area (TPSA) is 26.3 Å². The molecule has 0 spiro atoms. The van der Waals surface area contributed by atoms with Gasteiger partial charge in [-0.1, -0.05) is 65.7 Å². The molecule has 0 amide bonds. The fraction of sp³-hybridized carbons (Fsp3) is 0.105. The molecule has 0 unspecified atom stereocenters. The van der Waals surface area contributed by atoms with Crippen LogP contribution in [0.4, 0.5) is 0 Å². The Morgan fingerprint density at radius 2 is 1.87 bits per heavy atom. The Labute approximate surface area is 146 Å². The number of ether oxygens (including phenoxy) is 1. The molecule has 0 bridgehead atoms. The molecule has 118 valence electrons. The van der Waals surface area contributed by atoms with Crippen LogP contribution in [-0.4, -0.2) is 12.6 Å². The number of carbonyl (C=O) groups is 1. The normalized spacial score (nSPS) is 11.7. The third kappa shape index (κ3) is 5.27. The summed E-state index contributed by atoms with van der Waals surface area (Å²) in [6.07, 6.45) is 5.24. The van der Waals surface area contributed by atoms with E-state index in [1.165, 1.54) is 0 Å². The fourth-order valence-electron chi connectivity index (χ4n) is 1.93. The van der Waals surface area contributed by atoms with Crippen molar-refractivity contribution in [1.82, 2.24) is 0 Å². The molecule has 2 aromatic rings. The van der Waals surface area contributed by atoms with Crippen LogP contribution in [0, 0.1) is 0 Å². The Kier molecular flexibility index (Phi) is 6.45. The Morgan fingerprint density at radius 3 is 2.52 bits per heavy atom. The average molecular weight is 347 g/mol. The van der Waals surface area contributed by atoms with Gasteiger partial charge in [0.15, 0.2) is 0 Å². The summed E-state index contributed by atoms with van der Waals surface area (Å²) < 4.78 is 5.10. The average Bonchev–Trinajstić information content (AvgIpc) is 2.54. The van der Waals surface area contributed by atoms with Crippen LogP contribution in [0.15, 0.2) is 60.2 Å². The minimum Gasteiger partial charge on any atom is -0.462 e. The number of hydrogen-bond acceptors (Lipinski definition) is 2. The minimum atomic E-state index is -0.377. The van der Waals surface area contributed by atoms with E-state index >= 15 is 0 Å². The minimum absolute atomic E-state index is 0.320. The van der Waals surface area contributed by atoms with E-state index < -0.39 is 0 Å². The van der Waals surface area contributed by atoms with Crippen molar-refractivity contribution in [3.63, 3.8) is 0 Å². The van der Waals surface area contributed by atoms with Gasteiger partial charge in [0.05, 0.1) is 12.2 Å². The van der Waals surface area contributed by atoms with Crippen molar-refractivity contribution >= 4 is 41.3 Å². The zero-order valence-corrected chi connectivity index (χ0v) is 14.1. The van der Waals surface area contributed by atoms with Gasteiger partial charge in [0.2, 0.25) is 0 Å². The molecule has 0 saturated heterocycles. The Bertz CT molecular complexity index is 734. The molecule has 0 heterocycles. The predicted octanol–water partition coefficient (Wildman–Crippen LogP) is 5.65. The number of benzene rings is 2. The maximum absolute atomic E-state index is 12.1. The number of carbonyl (C=O) groups excluding carboxylic acids is 1. The molecule has 0 fully saturated rings. The summed E-state index contributed by atoms with van der Waals surface area (Å²) in [5.41, 5.74) is 2.14. The monoisotopic (exact) mass is 346 g/mol. The smallest absolute Gasteiger partial charge is 0.338 e. The highest BCUT2D eigenvalue weighted by atomic mass is 35.5. The second kappa shape index (κ2) is 8.56. The highest BCUT2D eigenvalue weighted by Gasteiger charge is 2.08. The Morgan fingerprint density at radius 1 is 1.13 bits per heavy atom. The van der Waals surface area contributed by atoms with Crippen LogP contribution in [0.3, 0.4) is 0 Å². The largest absolute Gasteiger partial charge is 0.462 e. The van der Waals surface area contributed by atoms with E-state index in [0.717, 1.165) is 11.1 Å². The summed E-state index contributed by atoms with van der Waals surface area (Å²) in [7, 11) is 0. The van der Waals surface area contributed by atoms with E-state index in [1.54, 1.807) is 43.4 Å². The number of hydrogen-bond donors (Lipinski definition) is 0. The van der Waals surface area contributed by atoms with Crippen molar-refractivity contribution in [2.75, 3.05) is 6.61 Å². The summed E-state index contributed by atoms with van der Waals surface area (Å²) in [6, 6.07) is 14.8. The van der Waals surface area contributed by atoms with Crippen LogP contribution < -0.4 is 0 Å². The second-order valence-corrected chi connectivity index (χ2v) is 5.57. The molecule has 4 heteroatoms. The van der Waals surface area contributed by atoms with E-state index in [2.05, 4.69) is 0 Å². The molecule has 2 aromatic carbocycles. The van der Waals surface area contributed by atoms with Gasteiger partial charge >= 0.3 is 5.97 Å². The van der Waals surface area contributed by atoms with Gasteiger partial charge in [0.25, 0.3) is 0 Å². The molecule has 0 aromatic heterocycles. The van der Waals surface area contributed by atoms with Crippen LogP contribution in [0.25, 0.3) is 12.2 Å². The van der Waals surface area contributed by atoms with E-state index in [0.29, 0.717) is 22.2 Å². The van der Waals surface area contributed by atoms with Gasteiger partial charge in [-0.25, -0.2) is 4.79 Å². The highest BCUT2D eigenvalue weighted by molar-refractivity contribution is 6.35. The summed E-state index contributed by atoms with van der Waals surface area (Å²) in [5.74, 6) is -0.377. The lowest BCUT2D eigenvalue weighted by molar-refractivity contribution is -0.138. The van der Waals surface area contributed by atoms with E-state index in [4.69, 9.17) is 27.9 Å². The van der Waals surface area contributed by atoms with Crippen molar-refractivity contribution < 1.29 is 9.53 Å². The van der Waals surface area contributed by atoms with Crippen molar-refractivity contribution in [3.05, 3.63) is 81.4 Å². The van der Waals surface area contributed by atoms with Crippen LogP contribution in [-0.2, 0) is 9.53 Å². The van der Waals surface area contributed by atoms with Gasteiger partial charge in [0, 0.05) is 10.0 Å². The molecule has 0 aliphatic heterocycles. The maximum atomic E-state index is 12.1. The molecule has 2 nitrogen and oxygen atoms in total. The molecule has 0 N–H and O–H groups in total. The molecular formula is C19H16Cl2O2. The third-order valence-electron chi connectivity index (χ3n) is 3.04. The van der Waals surface area contributed by atoms with Gasteiger partial charge in [-0.05, 0) is 42.3 Å². The van der Waals surface area contributed by atoms with Gasteiger partial charge in [-0.3, -0.25) is 0 Å². The Hall–Kier alpha value is -2.03. The Balaban J connectivity index is 2.32. The van der Waals surface area contributed by atoms with Gasteiger partial charge < -0.3 is 4.74 Å².